The summed E-state index contributed by atoms with van der Waals surface area (Å²) in [5.41, 5.74) is 6.65. The quantitative estimate of drug-likeness (QED) is 0.305. The van der Waals surface area contributed by atoms with Crippen molar-refractivity contribution in [3.05, 3.63) is 11.3 Å². The number of amides is 1. The number of carbonyl (C=O) groups is 2. The van der Waals surface area contributed by atoms with Crippen molar-refractivity contribution in [3.63, 3.8) is 0 Å². The number of aliphatic carboxylic acids is 1. The Labute approximate surface area is 162 Å². The van der Waals surface area contributed by atoms with E-state index in [-0.39, 0.29) is 40.8 Å². The number of carboxylic acid groups (broad SMARTS) is 1. The molecule has 0 aromatic heterocycles. The number of nitrogens with one attached hydrogen (secondary N) is 1. The van der Waals surface area contributed by atoms with E-state index in [1.807, 2.05) is 4.90 Å². The number of rotatable bonds is 5. The van der Waals surface area contributed by atoms with Gasteiger partial charge < -0.3 is 25.7 Å². The van der Waals surface area contributed by atoms with Gasteiger partial charge in [-0.2, -0.15) is 0 Å². The summed E-state index contributed by atoms with van der Waals surface area (Å²) in [6.45, 7) is 2.41. The summed E-state index contributed by atoms with van der Waals surface area (Å²) in [7, 11) is 0. The van der Waals surface area contributed by atoms with E-state index < -0.39 is 18.0 Å². The minimum absolute atomic E-state index is 0.0399. The molecule has 0 spiro atoms. The summed E-state index contributed by atoms with van der Waals surface area (Å²) in [5.74, 6) is -0.789. The van der Waals surface area contributed by atoms with Gasteiger partial charge in [-0.3, -0.25) is 10.2 Å². The number of carbonyl (C=O) groups excluding carboxylic acids is 1. The van der Waals surface area contributed by atoms with Gasteiger partial charge in [0.15, 0.2) is 5.96 Å². The molecular formula is C18H26N4O4S. The Morgan fingerprint density at radius 3 is 2.70 bits per heavy atom. The van der Waals surface area contributed by atoms with E-state index in [2.05, 4.69) is 0 Å². The Bertz CT molecular complexity index is 724. The van der Waals surface area contributed by atoms with Gasteiger partial charge in [0.25, 0.3) is 0 Å². The molecule has 0 aromatic carbocycles. The van der Waals surface area contributed by atoms with Gasteiger partial charge in [-0.15, -0.1) is 11.8 Å². The van der Waals surface area contributed by atoms with E-state index in [0.717, 1.165) is 43.6 Å². The minimum atomic E-state index is -1.04. The molecule has 1 unspecified atom stereocenters. The molecule has 1 saturated carbocycles. The van der Waals surface area contributed by atoms with Gasteiger partial charge in [0.2, 0.25) is 5.91 Å². The third kappa shape index (κ3) is 2.74. The second-order valence-electron chi connectivity index (χ2n) is 7.96. The molecule has 8 nitrogen and oxygen atoms in total. The summed E-state index contributed by atoms with van der Waals surface area (Å²) in [6.07, 6.45) is 2.99. The van der Waals surface area contributed by atoms with Crippen molar-refractivity contribution in [2.75, 3.05) is 12.3 Å². The Hall–Kier alpha value is -1.74. The van der Waals surface area contributed by atoms with Crippen LogP contribution in [0.1, 0.15) is 32.6 Å². The van der Waals surface area contributed by atoms with Crippen LogP contribution in [0.2, 0.25) is 0 Å². The van der Waals surface area contributed by atoms with Crippen molar-refractivity contribution in [1.82, 2.24) is 9.80 Å². The van der Waals surface area contributed by atoms with Crippen LogP contribution < -0.4 is 5.73 Å². The maximum atomic E-state index is 12.5. The van der Waals surface area contributed by atoms with Gasteiger partial charge in [0, 0.05) is 18.2 Å². The van der Waals surface area contributed by atoms with Gasteiger partial charge in [-0.25, -0.2) is 4.79 Å². The fourth-order valence-corrected chi connectivity index (χ4v) is 6.68. The van der Waals surface area contributed by atoms with Crippen LogP contribution in [0.4, 0.5) is 0 Å². The molecule has 3 heterocycles. The number of aliphatic hydroxyl groups is 1. The highest BCUT2D eigenvalue weighted by atomic mass is 32.2. The number of hydrogen-bond donors (Lipinski definition) is 4. The van der Waals surface area contributed by atoms with Crippen LogP contribution in [-0.4, -0.2) is 67.7 Å². The van der Waals surface area contributed by atoms with Crippen molar-refractivity contribution in [2.45, 2.75) is 50.1 Å². The molecule has 6 atom stereocenters. The molecular weight excluding hydrogens is 368 g/mol. The monoisotopic (exact) mass is 394 g/mol. The van der Waals surface area contributed by atoms with E-state index in [9.17, 15) is 19.8 Å². The molecule has 2 saturated heterocycles. The number of likely N-dealkylation sites (tertiary alicyclic amines) is 1. The first-order valence-electron chi connectivity index (χ1n) is 9.53. The Kier molecular flexibility index (Phi) is 4.62. The number of nitrogens with two attached hydrogens (primary N) is 1. The van der Waals surface area contributed by atoms with Gasteiger partial charge in [-0.05, 0) is 37.7 Å². The molecule has 0 radical (unpaired) electrons. The number of guanidine groups is 1. The fourth-order valence-electron chi connectivity index (χ4n) is 5.21. The largest absolute Gasteiger partial charge is 0.477 e. The zero-order valence-corrected chi connectivity index (χ0v) is 16.1. The van der Waals surface area contributed by atoms with Crippen molar-refractivity contribution in [3.8, 4) is 0 Å². The van der Waals surface area contributed by atoms with Gasteiger partial charge >= 0.3 is 5.97 Å². The van der Waals surface area contributed by atoms with Crippen LogP contribution in [0.15, 0.2) is 11.3 Å². The first-order valence-corrected chi connectivity index (χ1v) is 10.6. The van der Waals surface area contributed by atoms with Crippen molar-refractivity contribution in [2.24, 2.45) is 23.5 Å². The molecule has 1 amide bonds. The van der Waals surface area contributed by atoms with Crippen LogP contribution in [0, 0.1) is 23.2 Å². The molecule has 27 heavy (non-hydrogen) atoms. The summed E-state index contributed by atoms with van der Waals surface area (Å²) in [5, 5.41) is 27.6. The first-order chi connectivity index (χ1) is 12.8. The number of thioether (sulfide) groups is 1. The second kappa shape index (κ2) is 6.70. The molecule has 5 N–H and O–H groups in total. The molecule has 4 aliphatic rings. The third-order valence-electron chi connectivity index (χ3n) is 6.51. The molecule has 3 fully saturated rings. The summed E-state index contributed by atoms with van der Waals surface area (Å²) >= 11 is 1.72. The van der Waals surface area contributed by atoms with Crippen LogP contribution in [-0.2, 0) is 9.59 Å². The lowest BCUT2D eigenvalue weighted by molar-refractivity contribution is -0.163. The minimum Gasteiger partial charge on any atom is -0.477 e. The highest BCUT2D eigenvalue weighted by Crippen LogP contribution is 2.54. The van der Waals surface area contributed by atoms with E-state index in [4.69, 9.17) is 11.1 Å². The number of β-lactam (4-membered cyclic amide) rings is 1. The summed E-state index contributed by atoms with van der Waals surface area (Å²) in [6, 6.07) is -0.205. The van der Waals surface area contributed by atoms with Crippen LogP contribution in [0.5, 0.6) is 0 Å². The molecule has 9 heteroatoms. The summed E-state index contributed by atoms with van der Waals surface area (Å²) < 4.78 is 0. The van der Waals surface area contributed by atoms with Gasteiger partial charge in [0.05, 0.1) is 23.4 Å². The summed E-state index contributed by atoms with van der Waals surface area (Å²) in [4.78, 5) is 27.8. The molecule has 3 aliphatic heterocycles. The third-order valence-corrected chi connectivity index (χ3v) is 7.98. The Morgan fingerprint density at radius 1 is 1.41 bits per heavy atom. The average molecular weight is 394 g/mol. The normalized spacial score (nSPS) is 35.9. The van der Waals surface area contributed by atoms with Gasteiger partial charge in [0.1, 0.15) is 5.70 Å². The topological polar surface area (TPSA) is 131 Å². The number of aliphatic hydroxyl groups excluding tert-OH is 1. The molecule has 148 valence electrons. The van der Waals surface area contributed by atoms with Crippen LogP contribution in [0.3, 0.4) is 0 Å². The lowest BCUT2D eigenvalue weighted by Crippen LogP contribution is -2.64. The zero-order chi connectivity index (χ0) is 19.5. The highest BCUT2D eigenvalue weighted by Gasteiger charge is 2.62. The molecule has 4 rings (SSSR count). The molecule has 0 aromatic rings. The van der Waals surface area contributed by atoms with E-state index in [1.165, 1.54) is 4.90 Å². The number of nitrogens with zero attached hydrogens (tertiary/aromatic N) is 2. The maximum Gasteiger partial charge on any atom is 0.352 e. The number of carboxylic acids is 1. The number of fused-ring (bicyclic) bond motifs is 3. The predicted molar refractivity (Wildman–Crippen MR) is 101 cm³/mol. The second-order valence-corrected chi connectivity index (χ2v) is 9.17. The predicted octanol–water partition coefficient (Wildman–Crippen LogP) is 0.621. The average Bonchev–Trinajstić information content (AvgIpc) is 2.84. The van der Waals surface area contributed by atoms with Gasteiger partial charge in [-0.1, -0.05) is 6.42 Å². The molecule has 1 aliphatic carbocycles. The highest BCUT2D eigenvalue weighted by molar-refractivity contribution is 7.99. The van der Waals surface area contributed by atoms with E-state index >= 15 is 0 Å². The maximum absolute atomic E-state index is 12.5. The SMILES string of the molecule is C[C@@H](O)[C@H]1C(=O)N2C(C(=O)O)=C3[C@H](CSC4CCN4C(=N)N)CCC[C@@H]3[C@H]12. The first kappa shape index (κ1) is 18.6. The standard InChI is InChI=1S/C18H26N4O4S/c1-8(23)12-14-10-4-2-3-9(7-27-11-5-6-21(11)18(19)20)13(10)15(17(25)26)22(14)16(12)24/h8-12,14,23H,2-7H2,1H3,(H3,19,20)(H,25,26)/t8-,9+,10+,11?,12-,14-/m1/s1. The zero-order valence-electron chi connectivity index (χ0n) is 15.3. The smallest absolute Gasteiger partial charge is 0.352 e. The van der Waals surface area contributed by atoms with Crippen molar-refractivity contribution in [1.29, 1.82) is 5.41 Å². The van der Waals surface area contributed by atoms with E-state index in [1.54, 1.807) is 18.7 Å². The Balaban J connectivity index is 1.56. The lowest BCUT2D eigenvalue weighted by atomic mass is 9.70. The molecule has 0 bridgehead atoms. The fraction of sp³-hybridized carbons (Fsp3) is 0.722. The van der Waals surface area contributed by atoms with Crippen molar-refractivity contribution >= 4 is 29.6 Å². The number of hydrogen-bond acceptors (Lipinski definition) is 5. The van der Waals surface area contributed by atoms with Crippen molar-refractivity contribution < 1.29 is 19.8 Å². The Morgan fingerprint density at radius 2 is 2.15 bits per heavy atom. The van der Waals surface area contributed by atoms with Crippen LogP contribution in [0.25, 0.3) is 0 Å². The van der Waals surface area contributed by atoms with E-state index in [0.29, 0.717) is 0 Å². The van der Waals surface area contributed by atoms with Crippen LogP contribution >= 0.6 is 11.8 Å². The lowest BCUT2D eigenvalue weighted by Gasteiger charge is -2.47.